The Morgan fingerprint density at radius 3 is 1.51 bits per heavy atom. The Balaban J connectivity index is 1.29. The second-order valence-electron chi connectivity index (χ2n) is 13.3. The maximum absolute atomic E-state index is 2.50. The maximum atomic E-state index is 2.50. The molecule has 3 nitrogen and oxygen atoms in total. The largest absolute Gasteiger partial charge is 0.309 e. The highest BCUT2D eigenvalue weighted by atomic mass is 15.1. The minimum absolute atomic E-state index is 1.14. The number of para-hydroxylation sites is 5. The van der Waals surface area contributed by atoms with Crippen molar-refractivity contribution in [3.05, 3.63) is 188 Å². The van der Waals surface area contributed by atoms with Gasteiger partial charge in [0.2, 0.25) is 0 Å². The summed E-state index contributed by atoms with van der Waals surface area (Å²) in [7, 11) is 0. The van der Waals surface area contributed by atoms with E-state index in [1.165, 1.54) is 76.5 Å². The molecular formula is C48H31N3. The molecule has 0 aliphatic carbocycles. The van der Waals surface area contributed by atoms with Crippen LogP contribution in [0.25, 0.3) is 93.6 Å². The van der Waals surface area contributed by atoms with Gasteiger partial charge in [0.25, 0.3) is 0 Å². The average molecular weight is 650 g/mol. The number of hydrogen-bond donors (Lipinski definition) is 0. The molecule has 51 heavy (non-hydrogen) atoms. The molecule has 0 aliphatic rings. The van der Waals surface area contributed by atoms with Crippen LogP contribution < -0.4 is 0 Å². The summed E-state index contributed by atoms with van der Waals surface area (Å²) in [4.78, 5) is 0. The van der Waals surface area contributed by atoms with Crippen molar-refractivity contribution < 1.29 is 0 Å². The van der Waals surface area contributed by atoms with Gasteiger partial charge in [-0.1, -0.05) is 133 Å². The zero-order valence-corrected chi connectivity index (χ0v) is 27.7. The van der Waals surface area contributed by atoms with Crippen LogP contribution in [0.15, 0.2) is 188 Å². The first-order chi connectivity index (χ1) is 25.3. The van der Waals surface area contributed by atoms with Crippen molar-refractivity contribution in [2.75, 3.05) is 0 Å². The number of benzene rings is 8. The van der Waals surface area contributed by atoms with Gasteiger partial charge in [-0.15, -0.1) is 0 Å². The first kappa shape index (κ1) is 28.0. The smallest absolute Gasteiger partial charge is 0.0782 e. The summed E-state index contributed by atoms with van der Waals surface area (Å²) >= 11 is 0. The molecule has 238 valence electrons. The predicted molar refractivity (Wildman–Crippen MR) is 215 cm³/mol. The zero-order valence-electron chi connectivity index (χ0n) is 27.7. The number of nitrogens with zero attached hydrogens (tertiary/aromatic N) is 3. The lowest BCUT2D eigenvalue weighted by atomic mass is 10.1. The zero-order chi connectivity index (χ0) is 33.5. The lowest BCUT2D eigenvalue weighted by Gasteiger charge is -2.15. The van der Waals surface area contributed by atoms with Gasteiger partial charge >= 0.3 is 0 Å². The Labute approximate surface area is 294 Å². The fraction of sp³-hybridized carbons (Fsp3) is 0. The summed E-state index contributed by atoms with van der Waals surface area (Å²) in [5.41, 5.74) is 13.1. The fourth-order valence-electron chi connectivity index (χ4n) is 8.52. The van der Waals surface area contributed by atoms with E-state index in [9.17, 15) is 0 Å². The van der Waals surface area contributed by atoms with E-state index in [0.717, 1.165) is 17.1 Å². The van der Waals surface area contributed by atoms with Gasteiger partial charge < -0.3 is 13.7 Å². The molecule has 0 fully saturated rings. The van der Waals surface area contributed by atoms with Gasteiger partial charge in [-0.2, -0.15) is 0 Å². The molecule has 0 spiro atoms. The van der Waals surface area contributed by atoms with Crippen molar-refractivity contribution in [3.63, 3.8) is 0 Å². The van der Waals surface area contributed by atoms with Crippen molar-refractivity contribution in [2.45, 2.75) is 0 Å². The van der Waals surface area contributed by atoms with Gasteiger partial charge in [-0.25, -0.2) is 0 Å². The SMILES string of the molecule is c1ccc(-c2cccc(-n3c4ccccc4c4cccc(-n5c6ccccc6c6c5ccc5c7ccccc7n(-c7ccccc7)c56)c43)c2)cc1. The van der Waals surface area contributed by atoms with Crippen molar-refractivity contribution in [1.82, 2.24) is 13.7 Å². The van der Waals surface area contributed by atoms with E-state index >= 15 is 0 Å². The Kier molecular flexibility index (Phi) is 5.96. The van der Waals surface area contributed by atoms with E-state index in [0.29, 0.717) is 0 Å². The number of aromatic nitrogens is 3. The fourth-order valence-corrected chi connectivity index (χ4v) is 8.52. The van der Waals surface area contributed by atoms with E-state index in [1.54, 1.807) is 0 Å². The molecule has 0 radical (unpaired) electrons. The molecule has 0 amide bonds. The minimum Gasteiger partial charge on any atom is -0.309 e. The van der Waals surface area contributed by atoms with Crippen LogP contribution in [0.1, 0.15) is 0 Å². The molecule has 8 aromatic carbocycles. The van der Waals surface area contributed by atoms with Crippen molar-refractivity contribution >= 4 is 65.4 Å². The molecule has 0 aliphatic heterocycles. The molecule has 0 N–H and O–H groups in total. The molecule has 0 atom stereocenters. The maximum Gasteiger partial charge on any atom is 0.0782 e. The molecule has 3 heteroatoms. The molecule has 0 unspecified atom stereocenters. The first-order valence-electron chi connectivity index (χ1n) is 17.5. The van der Waals surface area contributed by atoms with E-state index in [1.807, 2.05) is 0 Å². The van der Waals surface area contributed by atoms with Crippen LogP contribution in [0.3, 0.4) is 0 Å². The molecule has 3 heterocycles. The highest BCUT2D eigenvalue weighted by molar-refractivity contribution is 6.26. The van der Waals surface area contributed by atoms with E-state index in [4.69, 9.17) is 0 Å². The normalized spacial score (nSPS) is 11.9. The van der Waals surface area contributed by atoms with Crippen molar-refractivity contribution in [3.8, 4) is 28.2 Å². The Hall–Kier alpha value is -6.84. The molecule has 0 saturated heterocycles. The van der Waals surface area contributed by atoms with Crippen LogP contribution in [-0.4, -0.2) is 13.7 Å². The molecule has 0 bridgehead atoms. The van der Waals surface area contributed by atoms with Gasteiger partial charge in [-0.3, -0.25) is 0 Å². The summed E-state index contributed by atoms with van der Waals surface area (Å²) < 4.78 is 7.42. The lowest BCUT2D eigenvalue weighted by molar-refractivity contribution is 1.13. The molecule has 3 aromatic heterocycles. The number of rotatable bonds is 4. The van der Waals surface area contributed by atoms with Gasteiger partial charge in [-0.05, 0) is 65.7 Å². The van der Waals surface area contributed by atoms with Gasteiger partial charge in [0, 0.05) is 43.7 Å². The summed E-state index contributed by atoms with van der Waals surface area (Å²) in [5, 5.41) is 7.49. The van der Waals surface area contributed by atoms with E-state index in [2.05, 4.69) is 202 Å². The third-order valence-electron chi connectivity index (χ3n) is 10.6. The molecule has 0 saturated carbocycles. The molecular weight excluding hydrogens is 619 g/mol. The van der Waals surface area contributed by atoms with Crippen LogP contribution in [0.2, 0.25) is 0 Å². The van der Waals surface area contributed by atoms with Crippen molar-refractivity contribution in [2.24, 2.45) is 0 Å². The van der Waals surface area contributed by atoms with Crippen LogP contribution in [0, 0.1) is 0 Å². The van der Waals surface area contributed by atoms with Crippen LogP contribution >= 0.6 is 0 Å². The summed E-state index contributed by atoms with van der Waals surface area (Å²) in [5.74, 6) is 0. The minimum atomic E-state index is 1.14. The second-order valence-corrected chi connectivity index (χ2v) is 13.3. The number of hydrogen-bond acceptors (Lipinski definition) is 0. The summed E-state index contributed by atoms with van der Waals surface area (Å²) in [6.45, 7) is 0. The third kappa shape index (κ3) is 4.00. The van der Waals surface area contributed by atoms with Gasteiger partial charge in [0.15, 0.2) is 0 Å². The third-order valence-corrected chi connectivity index (χ3v) is 10.6. The van der Waals surface area contributed by atoms with Gasteiger partial charge in [0.1, 0.15) is 0 Å². The summed E-state index contributed by atoms with van der Waals surface area (Å²) in [6, 6.07) is 68.4. The molecule has 11 aromatic rings. The van der Waals surface area contributed by atoms with Gasteiger partial charge in [0.05, 0.1) is 38.8 Å². The number of fused-ring (bicyclic) bond motifs is 10. The van der Waals surface area contributed by atoms with E-state index < -0.39 is 0 Å². The average Bonchev–Trinajstić information content (AvgIpc) is 3.84. The lowest BCUT2D eigenvalue weighted by Crippen LogP contribution is -2.01. The van der Waals surface area contributed by atoms with Crippen molar-refractivity contribution in [1.29, 1.82) is 0 Å². The Morgan fingerprint density at radius 2 is 0.784 bits per heavy atom. The Morgan fingerprint density at radius 1 is 0.275 bits per heavy atom. The Bertz CT molecular complexity index is 3120. The summed E-state index contributed by atoms with van der Waals surface area (Å²) in [6.07, 6.45) is 0. The second kappa shape index (κ2) is 10.8. The van der Waals surface area contributed by atoms with Crippen LogP contribution in [-0.2, 0) is 0 Å². The predicted octanol–water partition coefficient (Wildman–Crippen LogP) is 12.6. The highest BCUT2D eigenvalue weighted by Gasteiger charge is 2.23. The highest BCUT2D eigenvalue weighted by Crippen LogP contribution is 2.44. The first-order valence-corrected chi connectivity index (χ1v) is 17.5. The van der Waals surface area contributed by atoms with Crippen LogP contribution in [0.4, 0.5) is 0 Å². The monoisotopic (exact) mass is 649 g/mol. The standard InChI is InChI=1S/C48H31N3/c1-3-15-32(16-4-1)33-17-13-20-35(31-33)50-42-26-11-7-21-36(42)38-24-14-28-45(47(38)50)51-43-27-12-9-23-40(43)46-44(51)30-29-39-37-22-8-10-25-41(37)49(48(39)46)34-18-5-2-6-19-34/h1-31H. The quantitative estimate of drug-likeness (QED) is 0.180. The molecule has 11 rings (SSSR count). The van der Waals surface area contributed by atoms with E-state index in [-0.39, 0.29) is 0 Å². The van der Waals surface area contributed by atoms with Crippen LogP contribution in [0.5, 0.6) is 0 Å². The topological polar surface area (TPSA) is 14.8 Å².